The molecular weight excluding hydrogens is 284 g/mol. The van der Waals surface area contributed by atoms with Crippen LogP contribution in [0.3, 0.4) is 0 Å². The standard InChI is InChI=1S/C17H26O3S/c1-18-14-9-15(19-2)11-16(10-14)20-12-17(13-21)7-5-3-4-6-8-17/h9-11,21H,3-8,12-13H2,1-2H3. The number of benzene rings is 1. The van der Waals surface area contributed by atoms with E-state index in [1.54, 1.807) is 14.2 Å². The minimum absolute atomic E-state index is 0.204. The van der Waals surface area contributed by atoms with Gasteiger partial charge in [-0.3, -0.25) is 0 Å². The molecule has 0 N–H and O–H groups in total. The van der Waals surface area contributed by atoms with Gasteiger partial charge in [-0.15, -0.1) is 0 Å². The third-order valence-corrected chi connectivity index (χ3v) is 5.04. The van der Waals surface area contributed by atoms with Crippen LogP contribution in [-0.2, 0) is 0 Å². The van der Waals surface area contributed by atoms with Crippen molar-refractivity contribution in [2.75, 3.05) is 26.6 Å². The molecular formula is C17H26O3S. The van der Waals surface area contributed by atoms with Crippen molar-refractivity contribution in [1.82, 2.24) is 0 Å². The van der Waals surface area contributed by atoms with Crippen molar-refractivity contribution in [1.29, 1.82) is 0 Å². The second kappa shape index (κ2) is 7.83. The van der Waals surface area contributed by atoms with Crippen molar-refractivity contribution in [2.24, 2.45) is 5.41 Å². The van der Waals surface area contributed by atoms with E-state index in [2.05, 4.69) is 12.6 Å². The summed E-state index contributed by atoms with van der Waals surface area (Å²) in [4.78, 5) is 0. The van der Waals surface area contributed by atoms with Crippen LogP contribution in [0.4, 0.5) is 0 Å². The van der Waals surface area contributed by atoms with Gasteiger partial charge < -0.3 is 14.2 Å². The molecule has 0 atom stereocenters. The van der Waals surface area contributed by atoms with Gasteiger partial charge in [0.25, 0.3) is 0 Å². The summed E-state index contributed by atoms with van der Waals surface area (Å²) in [7, 11) is 3.30. The van der Waals surface area contributed by atoms with E-state index in [0.29, 0.717) is 6.61 Å². The predicted octanol–water partition coefficient (Wildman–Crippen LogP) is 4.35. The van der Waals surface area contributed by atoms with Crippen LogP contribution in [0.25, 0.3) is 0 Å². The highest BCUT2D eigenvalue weighted by molar-refractivity contribution is 7.80. The highest BCUT2D eigenvalue weighted by Gasteiger charge is 2.30. The Hall–Kier alpha value is -1.03. The molecule has 1 aliphatic carbocycles. The maximum absolute atomic E-state index is 6.07. The Morgan fingerprint density at radius 2 is 1.43 bits per heavy atom. The molecule has 118 valence electrons. The van der Waals surface area contributed by atoms with Gasteiger partial charge in [-0.2, -0.15) is 12.6 Å². The van der Waals surface area contributed by atoms with Gasteiger partial charge in [0.1, 0.15) is 17.2 Å². The van der Waals surface area contributed by atoms with Gasteiger partial charge in [0.05, 0.1) is 20.8 Å². The summed E-state index contributed by atoms with van der Waals surface area (Å²) < 4.78 is 16.6. The highest BCUT2D eigenvalue weighted by atomic mass is 32.1. The lowest BCUT2D eigenvalue weighted by molar-refractivity contribution is 0.147. The Bertz CT molecular complexity index is 417. The second-order valence-electron chi connectivity index (χ2n) is 5.91. The molecule has 0 aliphatic heterocycles. The van der Waals surface area contributed by atoms with Crippen LogP contribution in [0, 0.1) is 5.41 Å². The summed E-state index contributed by atoms with van der Waals surface area (Å²) in [6, 6.07) is 5.67. The van der Waals surface area contributed by atoms with Crippen molar-refractivity contribution in [2.45, 2.75) is 38.5 Å². The summed E-state index contributed by atoms with van der Waals surface area (Å²) in [5, 5.41) is 0. The number of hydrogen-bond acceptors (Lipinski definition) is 4. The average molecular weight is 310 g/mol. The van der Waals surface area contributed by atoms with Crippen molar-refractivity contribution < 1.29 is 14.2 Å². The van der Waals surface area contributed by atoms with E-state index >= 15 is 0 Å². The highest BCUT2D eigenvalue weighted by Crippen LogP contribution is 2.37. The van der Waals surface area contributed by atoms with Crippen LogP contribution in [0.5, 0.6) is 17.2 Å². The molecule has 0 amide bonds. The van der Waals surface area contributed by atoms with Gasteiger partial charge in [0.2, 0.25) is 0 Å². The number of hydrogen-bond donors (Lipinski definition) is 1. The molecule has 3 nitrogen and oxygen atoms in total. The molecule has 0 spiro atoms. The summed E-state index contributed by atoms with van der Waals surface area (Å²) in [5.41, 5.74) is 0.204. The van der Waals surface area contributed by atoms with Crippen LogP contribution in [0.1, 0.15) is 38.5 Å². The van der Waals surface area contributed by atoms with Crippen LogP contribution in [-0.4, -0.2) is 26.6 Å². The Morgan fingerprint density at radius 3 is 1.90 bits per heavy atom. The molecule has 21 heavy (non-hydrogen) atoms. The Balaban J connectivity index is 2.06. The quantitative estimate of drug-likeness (QED) is 0.625. The van der Waals surface area contributed by atoms with Crippen molar-refractivity contribution in [3.8, 4) is 17.2 Å². The first-order valence-electron chi connectivity index (χ1n) is 7.68. The fourth-order valence-corrected chi connectivity index (χ4v) is 3.34. The fraction of sp³-hybridized carbons (Fsp3) is 0.647. The molecule has 1 aromatic rings. The lowest BCUT2D eigenvalue weighted by atomic mass is 9.83. The zero-order chi connectivity index (χ0) is 15.1. The van der Waals surface area contributed by atoms with Gasteiger partial charge in [-0.05, 0) is 18.6 Å². The van der Waals surface area contributed by atoms with Crippen molar-refractivity contribution >= 4 is 12.6 Å². The molecule has 1 aliphatic rings. The molecule has 0 heterocycles. The number of thiol groups is 1. The lowest BCUT2D eigenvalue weighted by Crippen LogP contribution is -2.30. The van der Waals surface area contributed by atoms with E-state index in [1.807, 2.05) is 18.2 Å². The van der Waals surface area contributed by atoms with Gasteiger partial charge in [-0.25, -0.2) is 0 Å². The average Bonchev–Trinajstić information content (AvgIpc) is 2.78. The van der Waals surface area contributed by atoms with Crippen LogP contribution in [0.15, 0.2) is 18.2 Å². The van der Waals surface area contributed by atoms with Crippen molar-refractivity contribution in [3.05, 3.63) is 18.2 Å². The Morgan fingerprint density at radius 1 is 0.905 bits per heavy atom. The SMILES string of the molecule is COc1cc(OC)cc(OCC2(CS)CCCCCC2)c1. The molecule has 0 saturated heterocycles. The molecule has 0 bridgehead atoms. The molecule has 4 heteroatoms. The minimum Gasteiger partial charge on any atom is -0.496 e. The van der Waals surface area contributed by atoms with Gasteiger partial charge in [-0.1, -0.05) is 25.7 Å². The molecule has 1 fully saturated rings. The van der Waals surface area contributed by atoms with Crippen molar-refractivity contribution in [3.63, 3.8) is 0 Å². The molecule has 2 rings (SSSR count). The minimum atomic E-state index is 0.204. The maximum Gasteiger partial charge on any atom is 0.126 e. The molecule has 1 aromatic carbocycles. The Labute approximate surface area is 133 Å². The Kier molecular flexibility index (Phi) is 6.09. The van der Waals surface area contributed by atoms with E-state index in [0.717, 1.165) is 23.0 Å². The predicted molar refractivity (Wildman–Crippen MR) is 89.0 cm³/mol. The molecule has 0 radical (unpaired) electrons. The second-order valence-corrected chi connectivity index (χ2v) is 6.23. The first kappa shape index (κ1) is 16.3. The number of methoxy groups -OCH3 is 2. The van der Waals surface area contributed by atoms with Gasteiger partial charge >= 0.3 is 0 Å². The number of rotatable bonds is 6. The van der Waals surface area contributed by atoms with E-state index in [-0.39, 0.29) is 5.41 Å². The zero-order valence-corrected chi connectivity index (χ0v) is 14.0. The lowest BCUT2D eigenvalue weighted by Gasteiger charge is -2.31. The van der Waals surface area contributed by atoms with Crippen LogP contribution < -0.4 is 14.2 Å². The summed E-state index contributed by atoms with van der Waals surface area (Å²) in [5.74, 6) is 3.19. The summed E-state index contributed by atoms with van der Waals surface area (Å²) in [6.07, 6.45) is 7.65. The van der Waals surface area contributed by atoms with E-state index in [4.69, 9.17) is 14.2 Å². The smallest absolute Gasteiger partial charge is 0.126 e. The largest absolute Gasteiger partial charge is 0.496 e. The van der Waals surface area contributed by atoms with Gasteiger partial charge in [0.15, 0.2) is 0 Å². The maximum atomic E-state index is 6.07. The van der Waals surface area contributed by atoms with E-state index in [9.17, 15) is 0 Å². The van der Waals surface area contributed by atoms with Gasteiger partial charge in [0, 0.05) is 23.6 Å². The monoisotopic (exact) mass is 310 g/mol. The summed E-state index contributed by atoms with van der Waals surface area (Å²) >= 11 is 4.59. The normalized spacial score (nSPS) is 17.9. The number of ether oxygens (including phenoxy) is 3. The molecule has 0 unspecified atom stereocenters. The zero-order valence-electron chi connectivity index (χ0n) is 13.1. The van der Waals surface area contributed by atoms with Crippen LogP contribution in [0.2, 0.25) is 0 Å². The van der Waals surface area contributed by atoms with Crippen LogP contribution >= 0.6 is 12.6 Å². The third kappa shape index (κ3) is 4.47. The van der Waals surface area contributed by atoms with E-state index < -0.39 is 0 Å². The molecule has 1 saturated carbocycles. The topological polar surface area (TPSA) is 27.7 Å². The first-order chi connectivity index (χ1) is 10.2. The summed E-state index contributed by atoms with van der Waals surface area (Å²) in [6.45, 7) is 0.715. The molecule has 0 aromatic heterocycles. The van der Waals surface area contributed by atoms with E-state index in [1.165, 1.54) is 38.5 Å². The third-order valence-electron chi connectivity index (χ3n) is 4.37. The fourth-order valence-electron chi connectivity index (χ4n) is 2.93. The first-order valence-corrected chi connectivity index (χ1v) is 8.31.